The van der Waals surface area contributed by atoms with Gasteiger partial charge in [0, 0.05) is 4.47 Å². The highest BCUT2D eigenvalue weighted by atomic mass is 79.9. The van der Waals surface area contributed by atoms with Gasteiger partial charge in [-0.15, -0.1) is 0 Å². The topological polar surface area (TPSA) is 9.23 Å². The van der Waals surface area contributed by atoms with Crippen LogP contribution in [0.25, 0.3) is 0 Å². The molecule has 0 N–H and O–H groups in total. The largest absolute Gasteiger partial charge is 0.372 e. The van der Waals surface area contributed by atoms with Gasteiger partial charge in [-0.2, -0.15) is 0 Å². The van der Waals surface area contributed by atoms with E-state index >= 15 is 0 Å². The van der Waals surface area contributed by atoms with E-state index in [4.69, 9.17) is 4.74 Å². The Morgan fingerprint density at radius 2 is 1.65 bits per heavy atom. The molecule has 0 radical (unpaired) electrons. The van der Waals surface area contributed by atoms with Crippen molar-refractivity contribution in [2.45, 2.75) is 13.2 Å². The van der Waals surface area contributed by atoms with Crippen molar-refractivity contribution in [3.05, 3.63) is 69.9 Å². The molecule has 0 fully saturated rings. The molecule has 88 valence electrons. The lowest BCUT2D eigenvalue weighted by Crippen LogP contribution is -1.94. The molecule has 2 rings (SSSR count). The molecule has 0 unspecified atom stereocenters. The summed E-state index contributed by atoms with van der Waals surface area (Å²) in [7, 11) is 0. The van der Waals surface area contributed by atoms with Crippen molar-refractivity contribution in [3.8, 4) is 0 Å². The van der Waals surface area contributed by atoms with Crippen molar-refractivity contribution in [3.63, 3.8) is 0 Å². The molecule has 2 aromatic rings. The Morgan fingerprint density at radius 1 is 0.941 bits per heavy atom. The number of halogens is 2. The summed E-state index contributed by atoms with van der Waals surface area (Å²) in [4.78, 5) is 0. The standard InChI is InChI=1S/C14H12BrFO/c15-13-6-4-11(5-7-13)9-17-10-12-2-1-3-14(16)8-12/h1-8H,9-10H2. The van der Waals surface area contributed by atoms with Gasteiger partial charge < -0.3 is 4.74 Å². The molecule has 3 heteroatoms. The van der Waals surface area contributed by atoms with Gasteiger partial charge in [0.25, 0.3) is 0 Å². The van der Waals surface area contributed by atoms with Gasteiger partial charge in [0.05, 0.1) is 13.2 Å². The average Bonchev–Trinajstić information content (AvgIpc) is 2.32. The molecule has 1 nitrogen and oxygen atoms in total. The Morgan fingerprint density at radius 3 is 2.35 bits per heavy atom. The van der Waals surface area contributed by atoms with Crippen LogP contribution < -0.4 is 0 Å². The lowest BCUT2D eigenvalue weighted by atomic mass is 10.2. The van der Waals surface area contributed by atoms with Gasteiger partial charge in [0.1, 0.15) is 5.82 Å². The quantitative estimate of drug-likeness (QED) is 0.817. The monoisotopic (exact) mass is 294 g/mol. The number of ether oxygens (including phenoxy) is 1. The molecule has 0 spiro atoms. The summed E-state index contributed by atoms with van der Waals surface area (Å²) in [5.41, 5.74) is 1.95. The molecule has 0 heterocycles. The number of rotatable bonds is 4. The highest BCUT2D eigenvalue weighted by molar-refractivity contribution is 9.10. The molecule has 0 saturated heterocycles. The minimum atomic E-state index is -0.227. The van der Waals surface area contributed by atoms with E-state index in [9.17, 15) is 4.39 Å². The second-order valence-corrected chi connectivity index (χ2v) is 4.66. The fourth-order valence-electron chi connectivity index (χ4n) is 1.49. The van der Waals surface area contributed by atoms with Crippen LogP contribution in [0.1, 0.15) is 11.1 Å². The molecule has 0 aliphatic carbocycles. The van der Waals surface area contributed by atoms with Crippen molar-refractivity contribution < 1.29 is 9.13 Å². The molecule has 0 aromatic heterocycles. The maximum atomic E-state index is 12.9. The zero-order valence-electron chi connectivity index (χ0n) is 9.20. The molecule has 0 bridgehead atoms. The van der Waals surface area contributed by atoms with E-state index in [0.717, 1.165) is 15.6 Å². The van der Waals surface area contributed by atoms with Crippen molar-refractivity contribution in [1.82, 2.24) is 0 Å². The van der Waals surface area contributed by atoms with Crippen molar-refractivity contribution in [2.24, 2.45) is 0 Å². The fraction of sp³-hybridized carbons (Fsp3) is 0.143. The summed E-state index contributed by atoms with van der Waals surface area (Å²) in [5, 5.41) is 0. The molecular formula is C14H12BrFO. The first kappa shape index (κ1) is 12.3. The second kappa shape index (κ2) is 5.94. The zero-order valence-corrected chi connectivity index (χ0v) is 10.8. The number of benzene rings is 2. The van der Waals surface area contributed by atoms with Gasteiger partial charge in [-0.1, -0.05) is 40.2 Å². The molecule has 0 saturated carbocycles. The van der Waals surface area contributed by atoms with Crippen molar-refractivity contribution in [1.29, 1.82) is 0 Å². The van der Waals surface area contributed by atoms with Gasteiger partial charge in [-0.05, 0) is 35.4 Å². The number of hydrogen-bond donors (Lipinski definition) is 0. The Kier molecular flexibility index (Phi) is 4.29. The van der Waals surface area contributed by atoms with E-state index < -0.39 is 0 Å². The Hall–Kier alpha value is -1.19. The van der Waals surface area contributed by atoms with Gasteiger partial charge in [0.15, 0.2) is 0 Å². The normalized spacial score (nSPS) is 10.5. The SMILES string of the molecule is Fc1cccc(COCc2ccc(Br)cc2)c1. The Balaban J connectivity index is 1.85. The van der Waals surface area contributed by atoms with E-state index in [1.165, 1.54) is 12.1 Å². The molecular weight excluding hydrogens is 283 g/mol. The summed E-state index contributed by atoms with van der Waals surface area (Å²) in [6.45, 7) is 0.956. The van der Waals surface area contributed by atoms with E-state index in [1.54, 1.807) is 6.07 Å². The first-order valence-corrected chi connectivity index (χ1v) is 6.10. The zero-order chi connectivity index (χ0) is 12.1. The first-order chi connectivity index (χ1) is 8.24. The van der Waals surface area contributed by atoms with Gasteiger partial charge in [-0.3, -0.25) is 0 Å². The molecule has 0 atom stereocenters. The number of hydrogen-bond acceptors (Lipinski definition) is 1. The summed E-state index contributed by atoms with van der Waals surface area (Å²) < 4.78 is 19.5. The van der Waals surface area contributed by atoms with E-state index in [2.05, 4.69) is 15.9 Å². The van der Waals surface area contributed by atoms with Gasteiger partial charge >= 0.3 is 0 Å². The van der Waals surface area contributed by atoms with Gasteiger partial charge in [-0.25, -0.2) is 4.39 Å². The maximum absolute atomic E-state index is 12.9. The average molecular weight is 295 g/mol. The second-order valence-electron chi connectivity index (χ2n) is 3.75. The van der Waals surface area contributed by atoms with E-state index in [1.807, 2.05) is 30.3 Å². The van der Waals surface area contributed by atoms with Crippen LogP contribution in [0.3, 0.4) is 0 Å². The van der Waals surface area contributed by atoms with Crippen LogP contribution >= 0.6 is 15.9 Å². The molecule has 0 amide bonds. The summed E-state index contributed by atoms with van der Waals surface area (Å²) in [6, 6.07) is 14.4. The molecule has 0 aliphatic heterocycles. The van der Waals surface area contributed by atoms with Crippen LogP contribution in [0, 0.1) is 5.82 Å². The summed E-state index contributed by atoms with van der Waals surface area (Å²) in [5.74, 6) is -0.227. The van der Waals surface area contributed by atoms with Crippen molar-refractivity contribution in [2.75, 3.05) is 0 Å². The highest BCUT2D eigenvalue weighted by Crippen LogP contribution is 2.12. The van der Waals surface area contributed by atoms with Gasteiger partial charge in [0.2, 0.25) is 0 Å². The fourth-order valence-corrected chi connectivity index (χ4v) is 1.76. The molecule has 0 aliphatic rings. The summed E-state index contributed by atoms with van der Waals surface area (Å²) >= 11 is 3.38. The molecule has 2 aromatic carbocycles. The third kappa shape index (κ3) is 3.95. The lowest BCUT2D eigenvalue weighted by molar-refractivity contribution is 0.107. The minimum absolute atomic E-state index is 0.227. The first-order valence-electron chi connectivity index (χ1n) is 5.31. The maximum Gasteiger partial charge on any atom is 0.123 e. The summed E-state index contributed by atoms with van der Waals surface area (Å²) in [6.07, 6.45) is 0. The van der Waals surface area contributed by atoms with Crippen LogP contribution in [0.5, 0.6) is 0 Å². The van der Waals surface area contributed by atoms with Crippen LogP contribution in [-0.2, 0) is 18.0 Å². The Labute approximate surface area is 108 Å². The van der Waals surface area contributed by atoms with Crippen LogP contribution in [0.2, 0.25) is 0 Å². The van der Waals surface area contributed by atoms with Crippen molar-refractivity contribution >= 4 is 15.9 Å². The third-order valence-electron chi connectivity index (χ3n) is 2.34. The van der Waals surface area contributed by atoms with Crippen LogP contribution in [0.4, 0.5) is 4.39 Å². The predicted octanol–water partition coefficient (Wildman–Crippen LogP) is 4.31. The van der Waals surface area contributed by atoms with E-state index in [-0.39, 0.29) is 5.82 Å². The third-order valence-corrected chi connectivity index (χ3v) is 2.87. The Bertz CT molecular complexity index is 482. The van der Waals surface area contributed by atoms with Crippen LogP contribution in [-0.4, -0.2) is 0 Å². The lowest BCUT2D eigenvalue weighted by Gasteiger charge is -2.05. The minimum Gasteiger partial charge on any atom is -0.372 e. The smallest absolute Gasteiger partial charge is 0.123 e. The van der Waals surface area contributed by atoms with E-state index in [0.29, 0.717) is 13.2 Å². The predicted molar refractivity (Wildman–Crippen MR) is 69.0 cm³/mol. The molecule has 17 heavy (non-hydrogen) atoms. The highest BCUT2D eigenvalue weighted by Gasteiger charge is 1.97. The van der Waals surface area contributed by atoms with Crippen LogP contribution in [0.15, 0.2) is 53.0 Å².